The van der Waals surface area contributed by atoms with Gasteiger partial charge in [-0.05, 0) is 70.4 Å². The van der Waals surface area contributed by atoms with Gasteiger partial charge in [0, 0.05) is 0 Å². The molecule has 2 rings (SSSR count). The number of ether oxygens (including phenoxy) is 2. The molecule has 1 aliphatic heterocycles. The van der Waals surface area contributed by atoms with Gasteiger partial charge >= 0.3 is 12.1 Å². The van der Waals surface area contributed by atoms with Crippen LogP contribution in [-0.2, 0) is 14.3 Å². The second-order valence-electron chi connectivity index (χ2n) is 8.12. The predicted molar refractivity (Wildman–Crippen MR) is 96.3 cm³/mol. The van der Waals surface area contributed by atoms with Crippen LogP contribution in [0.15, 0.2) is 10.8 Å². The maximum Gasteiger partial charge on any atom is 0.420 e. The normalized spacial score (nSPS) is 21.2. The van der Waals surface area contributed by atoms with E-state index in [-0.39, 0.29) is 5.97 Å². The third-order valence-electron chi connectivity index (χ3n) is 3.53. The Hall–Kier alpha value is -1.41. The number of carbonyl (C=O) groups excluding carboxylic acids is 2. The monoisotopic (exact) mass is 415 g/mol. The zero-order valence-corrected chi connectivity index (χ0v) is 17.1. The van der Waals surface area contributed by atoms with Crippen LogP contribution in [0.25, 0.3) is 0 Å². The number of rotatable bonds is 2. The van der Waals surface area contributed by atoms with Crippen molar-refractivity contribution in [1.82, 2.24) is 14.9 Å². The molecular formula is C17H26BrN3O4. The first-order valence-electron chi connectivity index (χ1n) is 8.32. The summed E-state index contributed by atoms with van der Waals surface area (Å²) in [6.07, 6.45) is 1.62. The van der Waals surface area contributed by atoms with Gasteiger partial charge in [0.2, 0.25) is 0 Å². The number of nitrogens with zero attached hydrogens (tertiary/aromatic N) is 2. The molecule has 8 heteroatoms. The van der Waals surface area contributed by atoms with Crippen molar-refractivity contribution in [2.45, 2.75) is 65.2 Å². The summed E-state index contributed by atoms with van der Waals surface area (Å²) in [5, 5.41) is 3.25. The number of hydrogen-bond acceptors (Lipinski definition) is 6. The summed E-state index contributed by atoms with van der Waals surface area (Å²) in [5.41, 5.74) is -1.20. The summed E-state index contributed by atoms with van der Waals surface area (Å²) < 4.78 is 12.8. The second-order valence-corrected chi connectivity index (χ2v) is 8.93. The Labute approximate surface area is 156 Å². The van der Waals surface area contributed by atoms with Gasteiger partial charge in [0.15, 0.2) is 0 Å². The van der Waals surface area contributed by atoms with Crippen LogP contribution in [0, 0.1) is 5.92 Å². The zero-order valence-electron chi connectivity index (χ0n) is 15.6. The highest BCUT2D eigenvalue weighted by Gasteiger charge is 2.40. The molecule has 25 heavy (non-hydrogen) atoms. The molecule has 0 aromatic carbocycles. The van der Waals surface area contributed by atoms with Gasteiger partial charge < -0.3 is 14.8 Å². The van der Waals surface area contributed by atoms with Crippen molar-refractivity contribution in [3.8, 4) is 0 Å². The van der Waals surface area contributed by atoms with Crippen LogP contribution >= 0.6 is 15.9 Å². The van der Waals surface area contributed by atoms with E-state index in [2.05, 4.69) is 26.2 Å². The summed E-state index contributed by atoms with van der Waals surface area (Å²) in [6.45, 7) is 11.5. The van der Waals surface area contributed by atoms with Crippen molar-refractivity contribution in [1.29, 1.82) is 0 Å². The minimum Gasteiger partial charge on any atom is -0.460 e. The highest BCUT2D eigenvalue weighted by molar-refractivity contribution is 9.10. The van der Waals surface area contributed by atoms with Gasteiger partial charge in [-0.3, -0.25) is 4.79 Å². The molecule has 1 saturated heterocycles. The van der Waals surface area contributed by atoms with Crippen LogP contribution in [0.3, 0.4) is 0 Å². The van der Waals surface area contributed by atoms with E-state index >= 15 is 0 Å². The van der Waals surface area contributed by atoms with E-state index in [0.717, 1.165) is 0 Å². The maximum atomic E-state index is 12.6. The van der Waals surface area contributed by atoms with E-state index in [1.54, 1.807) is 20.8 Å². The second kappa shape index (κ2) is 7.07. The Bertz CT molecular complexity index is 658. The molecule has 1 fully saturated rings. The molecule has 2 atom stereocenters. The largest absolute Gasteiger partial charge is 0.460 e. The molecule has 0 spiro atoms. The lowest BCUT2D eigenvalue weighted by atomic mass is 9.99. The maximum absolute atomic E-state index is 12.6. The van der Waals surface area contributed by atoms with Crippen molar-refractivity contribution in [2.24, 2.45) is 5.92 Å². The number of nitrogens with one attached hydrogen (secondary N) is 1. The highest BCUT2D eigenvalue weighted by Crippen LogP contribution is 2.33. The average molecular weight is 416 g/mol. The van der Waals surface area contributed by atoms with Crippen molar-refractivity contribution in [3.05, 3.63) is 16.6 Å². The molecule has 0 amide bonds. The molecule has 1 aliphatic rings. The van der Waals surface area contributed by atoms with Gasteiger partial charge in [0.25, 0.3) is 0 Å². The molecule has 0 bridgehead atoms. The van der Waals surface area contributed by atoms with Crippen molar-refractivity contribution >= 4 is 28.0 Å². The Morgan fingerprint density at radius 1 is 1.20 bits per heavy atom. The van der Waals surface area contributed by atoms with E-state index < -0.39 is 29.3 Å². The molecule has 1 aromatic rings. The fraction of sp³-hybridized carbons (Fsp3) is 0.706. The Morgan fingerprint density at radius 2 is 1.80 bits per heavy atom. The first kappa shape index (κ1) is 19.9. The number of hydrogen-bond donors (Lipinski definition) is 1. The van der Waals surface area contributed by atoms with Gasteiger partial charge in [-0.25, -0.2) is 14.3 Å². The van der Waals surface area contributed by atoms with E-state index in [1.165, 1.54) is 10.8 Å². The quantitative estimate of drug-likeness (QED) is 0.744. The van der Waals surface area contributed by atoms with E-state index in [9.17, 15) is 9.59 Å². The molecule has 1 aromatic heterocycles. The van der Waals surface area contributed by atoms with E-state index in [4.69, 9.17) is 9.47 Å². The molecular weight excluding hydrogens is 390 g/mol. The molecule has 0 saturated carbocycles. The molecule has 140 valence electrons. The van der Waals surface area contributed by atoms with Crippen molar-refractivity contribution < 1.29 is 19.1 Å². The SMILES string of the molecule is CC(C)(C)OC(=O)C1CCN[C@H]1c1ncc(Br)n1C(=O)OC(C)(C)C. The molecule has 0 radical (unpaired) electrons. The summed E-state index contributed by atoms with van der Waals surface area (Å²) in [7, 11) is 0. The van der Waals surface area contributed by atoms with Gasteiger partial charge in [-0.2, -0.15) is 0 Å². The summed E-state index contributed by atoms with van der Waals surface area (Å²) in [5.74, 6) is -0.262. The lowest BCUT2D eigenvalue weighted by molar-refractivity contribution is -0.160. The number of esters is 1. The lowest BCUT2D eigenvalue weighted by Gasteiger charge is -2.25. The van der Waals surface area contributed by atoms with Crippen LogP contribution in [0.4, 0.5) is 4.79 Å². The first-order valence-corrected chi connectivity index (χ1v) is 9.11. The lowest BCUT2D eigenvalue weighted by Crippen LogP contribution is -2.34. The highest BCUT2D eigenvalue weighted by atomic mass is 79.9. The number of carbonyl (C=O) groups is 2. The fourth-order valence-corrected chi connectivity index (χ4v) is 3.09. The topological polar surface area (TPSA) is 82.5 Å². The van der Waals surface area contributed by atoms with E-state index in [1.807, 2.05) is 20.8 Å². The number of aromatic nitrogens is 2. The van der Waals surface area contributed by atoms with Crippen molar-refractivity contribution in [2.75, 3.05) is 6.54 Å². The standard InChI is InChI=1S/C17H26BrN3O4/c1-16(2,3)24-14(22)10-7-8-19-12(10)13-20-9-11(18)21(13)15(23)25-17(4,5)6/h9-10,12,19H,7-8H2,1-6H3/t10?,12-/m1/s1. The molecule has 2 heterocycles. The van der Waals surface area contributed by atoms with Gasteiger partial charge in [-0.1, -0.05) is 0 Å². The fourth-order valence-electron chi connectivity index (χ4n) is 2.66. The number of imidazole rings is 1. The van der Waals surface area contributed by atoms with Gasteiger partial charge in [0.1, 0.15) is 21.6 Å². The Morgan fingerprint density at radius 3 is 2.36 bits per heavy atom. The van der Waals surface area contributed by atoms with Crippen LogP contribution in [-0.4, -0.2) is 39.4 Å². The minimum atomic E-state index is -0.633. The third-order valence-corrected chi connectivity index (χ3v) is 4.09. The number of halogens is 1. The van der Waals surface area contributed by atoms with Crippen LogP contribution in [0.5, 0.6) is 0 Å². The van der Waals surface area contributed by atoms with E-state index in [0.29, 0.717) is 23.4 Å². The van der Waals surface area contributed by atoms with Crippen LogP contribution in [0.2, 0.25) is 0 Å². The smallest absolute Gasteiger partial charge is 0.420 e. The molecule has 0 aliphatic carbocycles. The van der Waals surface area contributed by atoms with Crippen LogP contribution in [0.1, 0.15) is 59.8 Å². The third kappa shape index (κ3) is 5.04. The van der Waals surface area contributed by atoms with Crippen molar-refractivity contribution in [3.63, 3.8) is 0 Å². The van der Waals surface area contributed by atoms with Gasteiger partial charge in [0.05, 0.1) is 18.2 Å². The minimum absolute atomic E-state index is 0.294. The first-order chi connectivity index (χ1) is 11.4. The molecule has 1 unspecified atom stereocenters. The van der Waals surface area contributed by atoms with Gasteiger partial charge in [-0.15, -0.1) is 0 Å². The Balaban J connectivity index is 2.29. The zero-order chi connectivity index (χ0) is 19.0. The summed E-state index contributed by atoms with van der Waals surface area (Å²) in [6, 6.07) is -0.409. The molecule has 7 nitrogen and oxygen atoms in total. The molecule has 1 N–H and O–H groups in total. The Kier molecular flexibility index (Phi) is 5.63. The summed E-state index contributed by atoms with van der Waals surface area (Å²) in [4.78, 5) is 29.4. The average Bonchev–Trinajstić information content (AvgIpc) is 3.00. The predicted octanol–water partition coefficient (Wildman–Crippen LogP) is 3.42. The summed E-state index contributed by atoms with van der Waals surface area (Å²) >= 11 is 3.33. The van der Waals surface area contributed by atoms with Crippen LogP contribution < -0.4 is 5.32 Å².